The van der Waals surface area contributed by atoms with Crippen LogP contribution in [0.4, 0.5) is 4.79 Å². The van der Waals surface area contributed by atoms with Crippen LogP contribution in [0.1, 0.15) is 73.6 Å². The van der Waals surface area contributed by atoms with Gasteiger partial charge in [0.1, 0.15) is 5.60 Å². The predicted molar refractivity (Wildman–Crippen MR) is 108 cm³/mol. The molecule has 2 aliphatic rings. The molecule has 1 aliphatic heterocycles. The Labute approximate surface area is 164 Å². The van der Waals surface area contributed by atoms with Crippen LogP contribution in [0, 0.1) is 11.8 Å². The number of ether oxygens (including phenoxy) is 1. The second-order valence-electron chi connectivity index (χ2n) is 9.72. The van der Waals surface area contributed by atoms with Gasteiger partial charge in [-0.1, -0.05) is 26.7 Å². The first-order valence-electron chi connectivity index (χ1n) is 10.6. The van der Waals surface area contributed by atoms with Crippen molar-refractivity contribution < 1.29 is 14.3 Å². The molecule has 0 aromatic rings. The molecule has 0 aromatic carbocycles. The lowest BCUT2D eigenvalue weighted by molar-refractivity contribution is -0.136. The third-order valence-electron chi connectivity index (χ3n) is 5.48. The molecule has 0 bridgehead atoms. The molecule has 156 valence electrons. The third-order valence-corrected chi connectivity index (χ3v) is 5.48. The predicted octanol–water partition coefficient (Wildman–Crippen LogP) is 3.30. The van der Waals surface area contributed by atoms with Crippen molar-refractivity contribution in [1.82, 2.24) is 15.5 Å². The van der Waals surface area contributed by atoms with Crippen LogP contribution >= 0.6 is 0 Å². The number of carbonyl (C=O) groups excluding carboxylic acids is 2. The first-order valence-corrected chi connectivity index (χ1v) is 10.6. The fraction of sp³-hybridized carbons (Fsp3) is 0.905. The summed E-state index contributed by atoms with van der Waals surface area (Å²) in [7, 11) is 0. The monoisotopic (exact) mass is 381 g/mol. The van der Waals surface area contributed by atoms with Crippen molar-refractivity contribution in [1.29, 1.82) is 0 Å². The molecule has 1 saturated heterocycles. The van der Waals surface area contributed by atoms with Crippen LogP contribution in [-0.2, 0) is 9.53 Å². The van der Waals surface area contributed by atoms with Crippen LogP contribution in [0.3, 0.4) is 0 Å². The highest BCUT2D eigenvalue weighted by atomic mass is 16.6. The minimum atomic E-state index is -0.507. The number of hydrogen-bond acceptors (Lipinski definition) is 4. The zero-order valence-electron chi connectivity index (χ0n) is 18.0. The van der Waals surface area contributed by atoms with Crippen molar-refractivity contribution in [3.8, 4) is 0 Å². The van der Waals surface area contributed by atoms with Crippen LogP contribution in [0.5, 0.6) is 0 Å². The second kappa shape index (κ2) is 9.26. The number of amides is 2. The number of likely N-dealkylation sites (tertiary alicyclic amines) is 1. The third kappa shape index (κ3) is 6.98. The molecule has 2 fully saturated rings. The van der Waals surface area contributed by atoms with Gasteiger partial charge in [0.25, 0.3) is 0 Å². The van der Waals surface area contributed by atoms with Crippen LogP contribution in [0.25, 0.3) is 0 Å². The number of nitrogens with zero attached hydrogens (tertiary/aromatic N) is 1. The zero-order valence-corrected chi connectivity index (χ0v) is 18.0. The molecule has 5 atom stereocenters. The molecule has 2 amide bonds. The lowest BCUT2D eigenvalue weighted by Gasteiger charge is -2.39. The molecule has 0 aromatic heterocycles. The highest BCUT2D eigenvalue weighted by Gasteiger charge is 2.33. The van der Waals surface area contributed by atoms with Crippen LogP contribution in [0.2, 0.25) is 0 Å². The molecule has 6 heteroatoms. The molecule has 27 heavy (non-hydrogen) atoms. The number of piperidine rings is 1. The van der Waals surface area contributed by atoms with Crippen molar-refractivity contribution in [3.63, 3.8) is 0 Å². The van der Waals surface area contributed by atoms with Gasteiger partial charge in [-0.3, -0.25) is 4.79 Å². The van der Waals surface area contributed by atoms with Crippen LogP contribution < -0.4 is 10.6 Å². The van der Waals surface area contributed by atoms with E-state index in [0.29, 0.717) is 11.8 Å². The Hall–Kier alpha value is -1.30. The highest BCUT2D eigenvalue weighted by Crippen LogP contribution is 2.23. The lowest BCUT2D eigenvalue weighted by Crippen LogP contribution is -2.58. The molecule has 2 N–H and O–H groups in total. The van der Waals surface area contributed by atoms with Crippen LogP contribution in [0.15, 0.2) is 0 Å². The largest absolute Gasteiger partial charge is 0.444 e. The van der Waals surface area contributed by atoms with Crippen molar-refractivity contribution in [2.75, 3.05) is 13.1 Å². The van der Waals surface area contributed by atoms with Crippen molar-refractivity contribution in [2.45, 2.75) is 97.4 Å². The van der Waals surface area contributed by atoms with Gasteiger partial charge >= 0.3 is 6.09 Å². The van der Waals surface area contributed by atoms with Crippen LogP contribution in [-0.4, -0.2) is 53.7 Å². The van der Waals surface area contributed by atoms with E-state index in [9.17, 15) is 9.59 Å². The Balaban J connectivity index is 1.92. The van der Waals surface area contributed by atoms with E-state index in [0.717, 1.165) is 38.8 Å². The molecule has 2 rings (SSSR count). The molecular formula is C21H39N3O3. The minimum absolute atomic E-state index is 0.00283. The van der Waals surface area contributed by atoms with E-state index < -0.39 is 5.60 Å². The summed E-state index contributed by atoms with van der Waals surface area (Å²) in [6.45, 7) is 13.7. The Kier molecular flexibility index (Phi) is 7.55. The minimum Gasteiger partial charge on any atom is -0.444 e. The topological polar surface area (TPSA) is 70.7 Å². The molecule has 0 unspecified atom stereocenters. The van der Waals surface area contributed by atoms with E-state index in [-0.39, 0.29) is 30.1 Å². The smallest absolute Gasteiger partial charge is 0.407 e. The summed E-state index contributed by atoms with van der Waals surface area (Å²) in [5, 5.41) is 6.52. The number of nitrogens with one attached hydrogen (secondary N) is 2. The van der Waals surface area contributed by atoms with Gasteiger partial charge in [-0.2, -0.15) is 0 Å². The fourth-order valence-electron chi connectivity index (χ4n) is 4.47. The van der Waals surface area contributed by atoms with Gasteiger partial charge in [-0.15, -0.1) is 0 Å². The summed E-state index contributed by atoms with van der Waals surface area (Å²) < 4.78 is 5.41. The van der Waals surface area contributed by atoms with Gasteiger partial charge in [0, 0.05) is 25.2 Å². The summed E-state index contributed by atoms with van der Waals surface area (Å²) in [6, 6.07) is -0.138. The summed E-state index contributed by atoms with van der Waals surface area (Å²) in [6.07, 6.45) is 4.89. The van der Waals surface area contributed by atoms with Gasteiger partial charge in [-0.05, 0) is 58.8 Å². The van der Waals surface area contributed by atoms with E-state index in [1.54, 1.807) is 0 Å². The Morgan fingerprint density at radius 2 is 1.59 bits per heavy atom. The average Bonchev–Trinajstić information content (AvgIpc) is 2.53. The van der Waals surface area contributed by atoms with E-state index in [1.807, 2.05) is 32.6 Å². The fourth-order valence-corrected chi connectivity index (χ4v) is 4.47. The quantitative estimate of drug-likeness (QED) is 0.784. The SMILES string of the molecule is C[C@@H]1C[C@@H](C)CN(C(=O)[C@@H](C)N[C@@H]2CCCC[C@H]2NC(=O)OC(C)(C)C)C1. The summed E-state index contributed by atoms with van der Waals surface area (Å²) in [5.41, 5.74) is -0.507. The number of hydrogen-bond donors (Lipinski definition) is 2. The van der Waals surface area contributed by atoms with E-state index in [4.69, 9.17) is 4.74 Å². The van der Waals surface area contributed by atoms with Gasteiger partial charge < -0.3 is 20.3 Å². The summed E-state index contributed by atoms with van der Waals surface area (Å²) in [5.74, 6) is 1.29. The van der Waals surface area contributed by atoms with Gasteiger partial charge in [0.15, 0.2) is 0 Å². The second-order valence-corrected chi connectivity index (χ2v) is 9.72. The Morgan fingerprint density at radius 1 is 1.04 bits per heavy atom. The molecule has 0 spiro atoms. The van der Waals surface area contributed by atoms with Gasteiger partial charge in [0.2, 0.25) is 5.91 Å². The maximum Gasteiger partial charge on any atom is 0.407 e. The lowest BCUT2D eigenvalue weighted by atomic mass is 9.89. The normalized spacial score (nSPS) is 30.5. The Bertz CT molecular complexity index is 507. The molecule has 1 aliphatic carbocycles. The highest BCUT2D eigenvalue weighted by molar-refractivity contribution is 5.81. The van der Waals surface area contributed by atoms with Gasteiger partial charge in [-0.25, -0.2) is 4.79 Å². The van der Waals surface area contributed by atoms with Crippen molar-refractivity contribution in [2.24, 2.45) is 11.8 Å². The first-order chi connectivity index (χ1) is 12.5. The maximum absolute atomic E-state index is 12.9. The molecule has 1 saturated carbocycles. The van der Waals surface area contributed by atoms with E-state index in [1.165, 1.54) is 6.42 Å². The van der Waals surface area contributed by atoms with Crippen molar-refractivity contribution >= 4 is 12.0 Å². The number of carbonyl (C=O) groups is 2. The van der Waals surface area contributed by atoms with Crippen molar-refractivity contribution in [3.05, 3.63) is 0 Å². The number of alkyl carbamates (subject to hydrolysis) is 1. The number of rotatable bonds is 4. The Morgan fingerprint density at radius 3 is 2.15 bits per heavy atom. The zero-order chi connectivity index (χ0) is 20.2. The standard InChI is InChI=1S/C21H39N3O3/c1-14-11-15(2)13-24(12-14)19(25)16(3)22-17-9-7-8-10-18(17)23-20(26)27-21(4,5)6/h14-18,22H,7-13H2,1-6H3,(H,23,26)/t14-,15-,16-,17-,18-/m1/s1. The average molecular weight is 382 g/mol. The molecule has 1 heterocycles. The first kappa shape index (κ1) is 22.0. The van der Waals surface area contributed by atoms with E-state index >= 15 is 0 Å². The maximum atomic E-state index is 12.9. The molecular weight excluding hydrogens is 342 g/mol. The van der Waals surface area contributed by atoms with E-state index in [2.05, 4.69) is 24.5 Å². The van der Waals surface area contributed by atoms with Gasteiger partial charge in [0.05, 0.1) is 6.04 Å². The summed E-state index contributed by atoms with van der Waals surface area (Å²) in [4.78, 5) is 27.1. The molecule has 6 nitrogen and oxygen atoms in total. The molecule has 0 radical (unpaired) electrons. The summed E-state index contributed by atoms with van der Waals surface area (Å²) >= 11 is 0.